The SMILES string of the molecule is CC(C)OC(=O)NOONC(=O)O. The number of rotatable bonds is 4. The molecule has 3 N–H and O–H groups in total. The van der Waals surface area contributed by atoms with Gasteiger partial charge in [-0.3, -0.25) is 0 Å². The molecule has 0 aliphatic carbocycles. The molecule has 0 radical (unpaired) electrons. The number of carbonyl (C=O) groups excluding carboxylic acids is 1. The number of hydroxylamine groups is 2. The van der Waals surface area contributed by atoms with Crippen molar-refractivity contribution in [1.82, 2.24) is 11.0 Å². The van der Waals surface area contributed by atoms with E-state index in [9.17, 15) is 9.59 Å². The summed E-state index contributed by atoms with van der Waals surface area (Å²) in [4.78, 5) is 28.0. The van der Waals surface area contributed by atoms with Gasteiger partial charge < -0.3 is 9.84 Å². The number of carbonyl (C=O) groups is 2. The minimum absolute atomic E-state index is 0.309. The molecule has 0 aromatic carbocycles. The van der Waals surface area contributed by atoms with Crippen LogP contribution in [0.1, 0.15) is 13.8 Å². The van der Waals surface area contributed by atoms with Crippen LogP contribution >= 0.6 is 0 Å². The topological polar surface area (TPSA) is 106 Å². The van der Waals surface area contributed by atoms with Crippen LogP contribution in [0.3, 0.4) is 0 Å². The highest BCUT2D eigenvalue weighted by Crippen LogP contribution is 1.87. The Bertz CT molecular complexity index is 182. The van der Waals surface area contributed by atoms with E-state index in [0.29, 0.717) is 0 Å². The van der Waals surface area contributed by atoms with E-state index >= 15 is 0 Å². The third-order valence-electron chi connectivity index (χ3n) is 0.638. The Morgan fingerprint density at radius 1 is 1.23 bits per heavy atom. The molecule has 2 amide bonds. The monoisotopic (exact) mass is 194 g/mol. The van der Waals surface area contributed by atoms with Gasteiger partial charge in [0.05, 0.1) is 6.10 Å². The molecule has 13 heavy (non-hydrogen) atoms. The fourth-order valence-corrected chi connectivity index (χ4v) is 0.349. The number of carboxylic acid groups (broad SMARTS) is 1. The Morgan fingerprint density at radius 3 is 2.23 bits per heavy atom. The highest BCUT2D eigenvalue weighted by molar-refractivity contribution is 5.65. The number of nitrogens with one attached hydrogen (secondary N) is 2. The second kappa shape index (κ2) is 6.03. The van der Waals surface area contributed by atoms with Crippen LogP contribution in [-0.2, 0) is 14.7 Å². The van der Waals surface area contributed by atoms with Crippen LogP contribution in [0.15, 0.2) is 0 Å². The normalized spacial score (nSPS) is 9.46. The lowest BCUT2D eigenvalue weighted by atomic mass is 10.5. The quantitative estimate of drug-likeness (QED) is 0.334. The van der Waals surface area contributed by atoms with Gasteiger partial charge in [-0.25, -0.2) is 9.59 Å². The highest BCUT2D eigenvalue weighted by Gasteiger charge is 2.04. The van der Waals surface area contributed by atoms with Crippen molar-refractivity contribution in [3.8, 4) is 0 Å². The predicted molar refractivity (Wildman–Crippen MR) is 38.1 cm³/mol. The maximum Gasteiger partial charge on any atom is 0.434 e. The van der Waals surface area contributed by atoms with Gasteiger partial charge in [-0.2, -0.15) is 11.0 Å². The van der Waals surface area contributed by atoms with Gasteiger partial charge in [0.15, 0.2) is 0 Å². The third kappa shape index (κ3) is 8.37. The minimum atomic E-state index is -1.46. The van der Waals surface area contributed by atoms with Crippen LogP contribution in [0.25, 0.3) is 0 Å². The van der Waals surface area contributed by atoms with Crippen molar-refractivity contribution in [3.05, 3.63) is 0 Å². The molecule has 0 aromatic heterocycles. The first kappa shape index (κ1) is 11.5. The summed E-state index contributed by atoms with van der Waals surface area (Å²) in [6.07, 6.45) is -2.66. The molecule has 8 heteroatoms. The first-order valence-corrected chi connectivity index (χ1v) is 3.30. The lowest BCUT2D eigenvalue weighted by Gasteiger charge is -2.07. The zero-order chi connectivity index (χ0) is 10.3. The summed E-state index contributed by atoms with van der Waals surface area (Å²) in [5.41, 5.74) is 3.04. The summed E-state index contributed by atoms with van der Waals surface area (Å²) in [7, 11) is 0. The molecule has 0 spiro atoms. The Morgan fingerprint density at radius 2 is 1.77 bits per heavy atom. The molecular formula is C5H10N2O6. The van der Waals surface area contributed by atoms with E-state index in [4.69, 9.17) is 5.11 Å². The van der Waals surface area contributed by atoms with E-state index in [2.05, 4.69) is 14.7 Å². The summed E-state index contributed by atoms with van der Waals surface area (Å²) in [5, 5.41) is 7.96. The molecule has 0 fully saturated rings. The maximum absolute atomic E-state index is 10.6. The van der Waals surface area contributed by atoms with Crippen LogP contribution in [-0.4, -0.2) is 23.4 Å². The molecule has 76 valence electrons. The largest absolute Gasteiger partial charge is 0.463 e. The zero-order valence-corrected chi connectivity index (χ0v) is 7.07. The molecule has 8 nitrogen and oxygen atoms in total. The van der Waals surface area contributed by atoms with Crippen molar-refractivity contribution in [2.75, 3.05) is 0 Å². The van der Waals surface area contributed by atoms with E-state index in [1.807, 2.05) is 0 Å². The molecule has 0 unspecified atom stereocenters. The van der Waals surface area contributed by atoms with E-state index < -0.39 is 12.2 Å². The van der Waals surface area contributed by atoms with Gasteiger partial charge in [0.25, 0.3) is 0 Å². The van der Waals surface area contributed by atoms with E-state index in [0.717, 1.165) is 0 Å². The van der Waals surface area contributed by atoms with E-state index in [1.54, 1.807) is 19.3 Å². The van der Waals surface area contributed by atoms with Crippen molar-refractivity contribution in [2.24, 2.45) is 0 Å². The van der Waals surface area contributed by atoms with Crippen molar-refractivity contribution in [2.45, 2.75) is 20.0 Å². The maximum atomic E-state index is 10.6. The first-order valence-electron chi connectivity index (χ1n) is 3.30. The molecule has 0 atom stereocenters. The van der Waals surface area contributed by atoms with Gasteiger partial charge in [0, 0.05) is 0 Å². The van der Waals surface area contributed by atoms with Crippen molar-refractivity contribution in [1.29, 1.82) is 0 Å². The van der Waals surface area contributed by atoms with Gasteiger partial charge in [0.1, 0.15) is 0 Å². The average Bonchev–Trinajstić information content (AvgIpc) is 1.96. The van der Waals surface area contributed by atoms with Crippen LogP contribution in [0.4, 0.5) is 9.59 Å². The third-order valence-corrected chi connectivity index (χ3v) is 0.638. The minimum Gasteiger partial charge on any atom is -0.463 e. The van der Waals surface area contributed by atoms with Gasteiger partial charge in [-0.15, -0.1) is 0 Å². The second-order valence-electron chi connectivity index (χ2n) is 2.13. The average molecular weight is 194 g/mol. The number of ether oxygens (including phenoxy) is 1. The fourth-order valence-electron chi connectivity index (χ4n) is 0.349. The standard InChI is InChI=1S/C5H10N2O6/c1-3(2)11-5(10)7-13-12-6-4(8)9/h3,6H,1-2H3,(H,7,10)(H,8,9). The fraction of sp³-hybridized carbons (Fsp3) is 0.600. The molecule has 0 aliphatic heterocycles. The summed E-state index contributed by atoms with van der Waals surface area (Å²) < 4.78 is 4.53. The Hall–Kier alpha value is -1.54. The van der Waals surface area contributed by atoms with Crippen LogP contribution in [0.2, 0.25) is 0 Å². The molecule has 0 aromatic rings. The van der Waals surface area contributed by atoms with Crippen molar-refractivity contribution >= 4 is 12.2 Å². The van der Waals surface area contributed by atoms with Gasteiger partial charge >= 0.3 is 12.2 Å². The lowest BCUT2D eigenvalue weighted by molar-refractivity contribution is -0.356. The lowest BCUT2D eigenvalue weighted by Crippen LogP contribution is -2.31. The Balaban J connectivity index is 3.32. The molecule has 0 saturated heterocycles. The van der Waals surface area contributed by atoms with Gasteiger partial charge in [-0.1, -0.05) is 9.98 Å². The summed E-state index contributed by atoms with van der Waals surface area (Å²) >= 11 is 0. The highest BCUT2D eigenvalue weighted by atomic mass is 17.3. The number of amides is 2. The molecule has 0 bridgehead atoms. The summed E-state index contributed by atoms with van der Waals surface area (Å²) in [6, 6.07) is 0. The Labute approximate surface area is 73.6 Å². The van der Waals surface area contributed by atoms with Crippen LogP contribution < -0.4 is 11.0 Å². The zero-order valence-electron chi connectivity index (χ0n) is 7.07. The van der Waals surface area contributed by atoms with Crippen molar-refractivity contribution < 1.29 is 29.4 Å². The van der Waals surface area contributed by atoms with E-state index in [-0.39, 0.29) is 6.10 Å². The summed E-state index contributed by atoms with van der Waals surface area (Å²) in [6.45, 7) is 3.27. The first-order chi connectivity index (χ1) is 6.02. The number of hydrogen-bond donors (Lipinski definition) is 3. The number of hydrogen-bond acceptors (Lipinski definition) is 5. The second-order valence-corrected chi connectivity index (χ2v) is 2.13. The van der Waals surface area contributed by atoms with Gasteiger partial charge in [-0.05, 0) is 13.8 Å². The van der Waals surface area contributed by atoms with Crippen LogP contribution in [0, 0.1) is 0 Å². The van der Waals surface area contributed by atoms with E-state index in [1.165, 1.54) is 5.48 Å². The molecule has 0 aliphatic rings. The molecule has 0 rings (SSSR count). The Kier molecular flexibility index (Phi) is 5.32. The molecule has 0 saturated carbocycles. The summed E-state index contributed by atoms with van der Waals surface area (Å²) in [5.74, 6) is 0. The smallest absolute Gasteiger partial charge is 0.434 e. The molecule has 0 heterocycles. The predicted octanol–water partition coefficient (Wildman–Crippen LogP) is 0.167. The molecular weight excluding hydrogens is 184 g/mol. The van der Waals surface area contributed by atoms with Crippen LogP contribution in [0.5, 0.6) is 0 Å². The van der Waals surface area contributed by atoms with Crippen molar-refractivity contribution in [3.63, 3.8) is 0 Å². The van der Waals surface area contributed by atoms with Gasteiger partial charge in [0.2, 0.25) is 0 Å².